The van der Waals surface area contributed by atoms with Gasteiger partial charge < -0.3 is 15.6 Å². The Labute approximate surface area is 230 Å². The number of aryl methyl sites for hydroxylation is 1. The lowest BCUT2D eigenvalue weighted by Crippen LogP contribution is -2.49. The maximum absolute atomic E-state index is 13.6. The van der Waals surface area contributed by atoms with Gasteiger partial charge in [0, 0.05) is 30.7 Å². The van der Waals surface area contributed by atoms with Crippen LogP contribution in [0, 0.1) is 12.7 Å². The highest BCUT2D eigenvalue weighted by Gasteiger charge is 2.34. The third kappa shape index (κ3) is 6.28. The van der Waals surface area contributed by atoms with Crippen LogP contribution >= 0.6 is 0 Å². The molecule has 0 atom stereocenters. The van der Waals surface area contributed by atoms with E-state index in [1.165, 1.54) is 101 Å². The maximum Gasteiger partial charge on any atom is 0.267 e. The minimum Gasteiger partial charge on any atom is -0.354 e. The van der Waals surface area contributed by atoms with E-state index in [0.717, 1.165) is 24.1 Å². The lowest BCUT2D eigenvalue weighted by atomic mass is 9.79. The number of rotatable bonds is 5. The molecule has 5 rings (SSSR count). The zero-order valence-corrected chi connectivity index (χ0v) is 23.4. The minimum atomic E-state index is -3.76. The smallest absolute Gasteiger partial charge is 0.267 e. The third-order valence-electron chi connectivity index (χ3n) is 8.34. The predicted octanol–water partition coefficient (Wildman–Crippen LogP) is 6.13. The van der Waals surface area contributed by atoms with E-state index in [4.69, 9.17) is 0 Å². The fraction of sp³-hybridized carbons (Fsp3) is 0.452. The largest absolute Gasteiger partial charge is 0.354 e. The summed E-state index contributed by atoms with van der Waals surface area (Å²) >= 11 is 0. The van der Waals surface area contributed by atoms with E-state index in [0.29, 0.717) is 5.69 Å². The second kappa shape index (κ2) is 11.6. The van der Waals surface area contributed by atoms with Crippen molar-refractivity contribution in [3.8, 4) is 0 Å². The molecule has 39 heavy (non-hydrogen) atoms. The van der Waals surface area contributed by atoms with Crippen molar-refractivity contribution in [2.45, 2.75) is 99.6 Å². The average molecular weight is 552 g/mol. The number of H-pyrrole nitrogens is 1. The van der Waals surface area contributed by atoms with Crippen LogP contribution in [-0.4, -0.2) is 24.8 Å². The van der Waals surface area contributed by atoms with Gasteiger partial charge >= 0.3 is 0 Å². The molecule has 2 aliphatic rings. The van der Waals surface area contributed by atoms with Crippen molar-refractivity contribution in [1.82, 2.24) is 15.6 Å². The van der Waals surface area contributed by atoms with Crippen LogP contribution in [0.3, 0.4) is 0 Å². The fourth-order valence-corrected chi connectivity index (χ4v) is 7.28. The van der Waals surface area contributed by atoms with E-state index in [1.54, 1.807) is 12.1 Å². The Morgan fingerprint density at radius 2 is 1.56 bits per heavy atom. The number of hydrogen-bond acceptors (Lipinski definition) is 4. The third-order valence-corrected chi connectivity index (χ3v) is 10.1. The number of carbonyl (C=O) groups excluding carboxylic acids is 1. The molecule has 1 amide bonds. The molecule has 6 nitrogen and oxygen atoms in total. The predicted molar refractivity (Wildman–Crippen MR) is 150 cm³/mol. The monoisotopic (exact) mass is 551 g/mol. The molecule has 1 saturated carbocycles. The summed E-state index contributed by atoms with van der Waals surface area (Å²) in [6, 6.07) is 12.2. The molecule has 1 fully saturated rings. The van der Waals surface area contributed by atoms with Crippen LogP contribution in [0.5, 0.6) is 0 Å². The molecule has 8 heteroatoms. The summed E-state index contributed by atoms with van der Waals surface area (Å²) in [5.41, 5.74) is 4.08. The number of amides is 1. The van der Waals surface area contributed by atoms with E-state index in [9.17, 15) is 17.6 Å². The molecule has 2 aromatic carbocycles. The van der Waals surface area contributed by atoms with Gasteiger partial charge in [0.25, 0.3) is 5.91 Å². The number of fused-ring (bicyclic) bond motifs is 1. The van der Waals surface area contributed by atoms with Gasteiger partial charge in [0.15, 0.2) is 0 Å². The zero-order chi connectivity index (χ0) is 27.5. The lowest BCUT2D eigenvalue weighted by Gasteiger charge is -2.39. The Morgan fingerprint density at radius 3 is 2.23 bits per heavy atom. The summed E-state index contributed by atoms with van der Waals surface area (Å²) < 4.78 is 39.5. The summed E-state index contributed by atoms with van der Waals surface area (Å²) in [5.74, 6) is -0.618. The van der Waals surface area contributed by atoms with E-state index < -0.39 is 15.7 Å². The van der Waals surface area contributed by atoms with E-state index in [1.807, 2.05) is 6.07 Å². The molecule has 1 aliphatic carbocycles. The Hall–Kier alpha value is -2.97. The zero-order valence-electron chi connectivity index (χ0n) is 22.6. The highest BCUT2D eigenvalue weighted by molar-refractivity contribution is 7.91. The molecule has 3 aromatic rings. The maximum atomic E-state index is 13.6. The van der Waals surface area contributed by atoms with E-state index >= 15 is 0 Å². The molecule has 0 bridgehead atoms. The van der Waals surface area contributed by atoms with Crippen molar-refractivity contribution < 1.29 is 17.6 Å². The summed E-state index contributed by atoms with van der Waals surface area (Å²) in [4.78, 5) is 16.6. The lowest BCUT2D eigenvalue weighted by molar-refractivity contribution is 0.0946. The molecule has 1 aliphatic heterocycles. The second-order valence-corrected chi connectivity index (χ2v) is 13.2. The number of benzene rings is 2. The van der Waals surface area contributed by atoms with Gasteiger partial charge in [0.1, 0.15) is 11.5 Å². The van der Waals surface area contributed by atoms with Crippen LogP contribution in [0.2, 0.25) is 0 Å². The Balaban J connectivity index is 1.21. The number of aromatic amines is 1. The van der Waals surface area contributed by atoms with Crippen LogP contribution in [0.1, 0.15) is 90.7 Å². The van der Waals surface area contributed by atoms with Crippen LogP contribution < -0.4 is 10.6 Å². The summed E-state index contributed by atoms with van der Waals surface area (Å²) in [7, 11) is -3.76. The SMILES string of the molecule is Cc1cc(S(=O)(=O)c2ccc(CNC(=O)c3cc4c([nH]3)CC3(CCCCCCCCC3)NC4)cc2)ccc1F. The number of nitrogens with one attached hydrogen (secondary N) is 3. The Kier molecular flexibility index (Phi) is 8.24. The average Bonchev–Trinajstić information content (AvgIpc) is 3.36. The number of sulfone groups is 1. The van der Waals surface area contributed by atoms with Gasteiger partial charge in [-0.3, -0.25) is 4.79 Å². The highest BCUT2D eigenvalue weighted by Crippen LogP contribution is 2.33. The van der Waals surface area contributed by atoms with Gasteiger partial charge in [-0.25, -0.2) is 12.8 Å². The van der Waals surface area contributed by atoms with E-state index in [-0.39, 0.29) is 33.3 Å². The number of carbonyl (C=O) groups is 1. The first-order chi connectivity index (χ1) is 18.8. The molecule has 1 aromatic heterocycles. The van der Waals surface area contributed by atoms with E-state index in [2.05, 4.69) is 15.6 Å². The topological polar surface area (TPSA) is 91.1 Å². The van der Waals surface area contributed by atoms with Crippen LogP contribution in [0.25, 0.3) is 0 Å². The molecule has 2 heterocycles. The minimum absolute atomic E-state index is 0.0555. The van der Waals surface area contributed by atoms with Crippen LogP contribution in [-0.2, 0) is 29.3 Å². The Bertz CT molecular complexity index is 1420. The van der Waals surface area contributed by atoms with Crippen molar-refractivity contribution in [2.24, 2.45) is 0 Å². The van der Waals surface area contributed by atoms with Crippen molar-refractivity contribution in [3.05, 3.63) is 82.4 Å². The Morgan fingerprint density at radius 1 is 0.923 bits per heavy atom. The van der Waals surface area contributed by atoms with Gasteiger partial charge in [-0.05, 0) is 72.9 Å². The first-order valence-electron chi connectivity index (χ1n) is 14.1. The highest BCUT2D eigenvalue weighted by atomic mass is 32.2. The summed E-state index contributed by atoms with van der Waals surface area (Å²) in [6.07, 6.45) is 12.4. The molecule has 0 unspecified atom stereocenters. The molecular weight excluding hydrogens is 513 g/mol. The summed E-state index contributed by atoms with van der Waals surface area (Å²) in [5, 5.41) is 6.78. The first-order valence-corrected chi connectivity index (χ1v) is 15.6. The number of halogens is 1. The van der Waals surface area contributed by atoms with Gasteiger partial charge in [-0.15, -0.1) is 0 Å². The van der Waals surface area contributed by atoms with Crippen LogP contribution in [0.15, 0.2) is 58.3 Å². The second-order valence-electron chi connectivity index (χ2n) is 11.2. The quantitative estimate of drug-likeness (QED) is 0.333. The fourth-order valence-electron chi connectivity index (χ4n) is 5.94. The first kappa shape index (κ1) is 27.6. The van der Waals surface area contributed by atoms with Crippen molar-refractivity contribution in [3.63, 3.8) is 0 Å². The van der Waals surface area contributed by atoms with Crippen molar-refractivity contribution >= 4 is 15.7 Å². The standard InChI is InChI=1S/C31H38FN3O3S/c1-22-17-26(13-14-27(22)32)39(37,38)25-11-9-23(10-12-25)20-33-30(36)28-18-24-21-34-31(19-29(24)35-28)15-7-5-3-2-4-6-8-16-31/h9-14,17-18,34-35H,2-8,15-16,19-21H2,1H3,(H,33,36). The number of hydrogen-bond donors (Lipinski definition) is 3. The van der Waals surface area contributed by atoms with Crippen molar-refractivity contribution in [2.75, 3.05) is 0 Å². The molecule has 208 valence electrons. The molecule has 1 spiro atoms. The van der Waals surface area contributed by atoms with Crippen LogP contribution in [0.4, 0.5) is 4.39 Å². The molecular formula is C31H38FN3O3S. The van der Waals surface area contributed by atoms with Gasteiger partial charge in [-0.2, -0.15) is 0 Å². The molecule has 0 saturated heterocycles. The van der Waals surface area contributed by atoms with Gasteiger partial charge in [-0.1, -0.05) is 57.1 Å². The van der Waals surface area contributed by atoms with Gasteiger partial charge in [0.2, 0.25) is 9.84 Å². The molecule has 3 N–H and O–H groups in total. The number of aromatic nitrogens is 1. The summed E-state index contributed by atoms with van der Waals surface area (Å²) in [6.45, 7) is 2.60. The van der Waals surface area contributed by atoms with Gasteiger partial charge in [0.05, 0.1) is 9.79 Å². The normalized spacial score (nSPS) is 17.9. The molecule has 0 radical (unpaired) electrons. The van der Waals surface area contributed by atoms with Crippen molar-refractivity contribution in [1.29, 1.82) is 0 Å².